The van der Waals surface area contributed by atoms with Gasteiger partial charge in [0.15, 0.2) is 0 Å². The monoisotopic (exact) mass is 236 g/mol. The highest BCUT2D eigenvalue weighted by Gasteiger charge is 1.99. The van der Waals surface area contributed by atoms with Gasteiger partial charge in [-0.2, -0.15) is 0 Å². The molecule has 4 heteroatoms. The van der Waals surface area contributed by atoms with E-state index < -0.39 is 11.9 Å². The maximum absolute atomic E-state index is 10.9. The van der Waals surface area contributed by atoms with Crippen LogP contribution in [0.4, 0.5) is 0 Å². The number of hydrogen-bond donors (Lipinski definition) is 0. The normalized spacial score (nSPS) is 8.12. The topological polar surface area (TPSA) is 52.6 Å². The van der Waals surface area contributed by atoms with Crippen LogP contribution < -0.4 is 0 Å². The molecule has 0 radical (unpaired) electrons. The highest BCUT2D eigenvalue weighted by atomic mass is 16.5. The highest BCUT2D eigenvalue weighted by Crippen LogP contribution is 1.87. The molecule has 0 unspecified atom stereocenters. The Labute approximate surface area is 102 Å². The van der Waals surface area contributed by atoms with E-state index in [4.69, 9.17) is 9.47 Å². The molecule has 0 saturated carbocycles. The van der Waals surface area contributed by atoms with Crippen LogP contribution >= 0.6 is 0 Å². The predicted octanol–water partition coefficient (Wildman–Crippen LogP) is 1.29. The van der Waals surface area contributed by atoms with Gasteiger partial charge in [-0.25, -0.2) is 9.59 Å². The molecule has 0 aliphatic rings. The molecule has 0 aromatic rings. The molecule has 0 fully saturated rings. The Balaban J connectivity index is 3.53. The summed E-state index contributed by atoms with van der Waals surface area (Å²) in [6, 6.07) is 0. The lowest BCUT2D eigenvalue weighted by Crippen LogP contribution is -2.08. The molecular weight excluding hydrogens is 220 g/mol. The number of hydrogen-bond acceptors (Lipinski definition) is 4. The highest BCUT2D eigenvalue weighted by molar-refractivity contribution is 5.88. The predicted molar refractivity (Wildman–Crippen MR) is 62.7 cm³/mol. The van der Waals surface area contributed by atoms with Gasteiger partial charge in [-0.1, -0.05) is 25.7 Å². The molecule has 17 heavy (non-hydrogen) atoms. The van der Waals surface area contributed by atoms with Crippen LogP contribution in [-0.4, -0.2) is 25.2 Å². The molecule has 92 valence electrons. The van der Waals surface area contributed by atoms with E-state index in [1.54, 1.807) is 0 Å². The molecule has 0 aromatic heterocycles. The van der Waals surface area contributed by atoms with Crippen molar-refractivity contribution in [2.24, 2.45) is 0 Å². The first-order valence-electron chi connectivity index (χ1n) is 5.52. The molecule has 0 bridgehead atoms. The zero-order valence-electron chi connectivity index (χ0n) is 10.2. The summed E-state index contributed by atoms with van der Waals surface area (Å²) in [5.74, 6) is 8.74. The Hall–Kier alpha value is -1.94. The van der Waals surface area contributed by atoms with Crippen LogP contribution in [0.2, 0.25) is 0 Å². The number of esters is 2. The first-order chi connectivity index (χ1) is 8.20. The summed E-state index contributed by atoms with van der Waals surface area (Å²) >= 11 is 0. The van der Waals surface area contributed by atoms with Gasteiger partial charge in [0.05, 0.1) is 13.2 Å². The molecule has 0 aliphatic heterocycles. The van der Waals surface area contributed by atoms with Gasteiger partial charge < -0.3 is 9.47 Å². The van der Waals surface area contributed by atoms with E-state index in [0.717, 1.165) is 0 Å². The SMILES string of the molecule is CCC#CC(=O)OCCCOC(=O)C#CCC. The fourth-order valence-corrected chi connectivity index (χ4v) is 0.782. The third-order valence-corrected chi connectivity index (χ3v) is 1.49. The smallest absolute Gasteiger partial charge is 0.384 e. The Kier molecular flexibility index (Phi) is 9.37. The van der Waals surface area contributed by atoms with Crippen molar-refractivity contribution in [3.8, 4) is 23.7 Å². The van der Waals surface area contributed by atoms with E-state index in [1.807, 2.05) is 13.8 Å². The summed E-state index contributed by atoms with van der Waals surface area (Å²) in [5.41, 5.74) is 0. The molecular formula is C13H16O4. The van der Waals surface area contributed by atoms with E-state index in [9.17, 15) is 9.59 Å². The van der Waals surface area contributed by atoms with Gasteiger partial charge in [-0.15, -0.1) is 0 Å². The first-order valence-corrected chi connectivity index (χ1v) is 5.52. The van der Waals surface area contributed by atoms with Gasteiger partial charge in [0.2, 0.25) is 0 Å². The second-order valence-corrected chi connectivity index (χ2v) is 2.94. The Bertz CT molecular complexity index is 326. The number of carbonyl (C=O) groups is 2. The number of ether oxygens (including phenoxy) is 2. The van der Waals surface area contributed by atoms with Gasteiger partial charge >= 0.3 is 11.9 Å². The lowest BCUT2D eigenvalue weighted by atomic mass is 10.4. The first kappa shape index (κ1) is 15.1. The van der Waals surface area contributed by atoms with Gasteiger partial charge in [-0.3, -0.25) is 0 Å². The Morgan fingerprint density at radius 2 is 1.29 bits per heavy atom. The molecule has 0 rings (SSSR count). The van der Waals surface area contributed by atoms with E-state index in [1.165, 1.54) is 0 Å². The molecule has 0 heterocycles. The average Bonchev–Trinajstić information content (AvgIpc) is 2.33. The summed E-state index contributed by atoms with van der Waals surface area (Å²) in [5, 5.41) is 0. The fraction of sp³-hybridized carbons (Fsp3) is 0.538. The summed E-state index contributed by atoms with van der Waals surface area (Å²) < 4.78 is 9.53. The lowest BCUT2D eigenvalue weighted by Gasteiger charge is -2.00. The van der Waals surface area contributed by atoms with Crippen molar-refractivity contribution in [1.29, 1.82) is 0 Å². The number of rotatable bonds is 4. The van der Waals surface area contributed by atoms with Crippen molar-refractivity contribution in [3.63, 3.8) is 0 Å². The van der Waals surface area contributed by atoms with Crippen molar-refractivity contribution in [2.45, 2.75) is 33.1 Å². The average molecular weight is 236 g/mol. The van der Waals surface area contributed by atoms with Gasteiger partial charge in [0.1, 0.15) is 0 Å². The van der Waals surface area contributed by atoms with Crippen LogP contribution in [0.15, 0.2) is 0 Å². The second kappa shape index (κ2) is 10.6. The summed E-state index contributed by atoms with van der Waals surface area (Å²) in [6.45, 7) is 4.06. The maximum Gasteiger partial charge on any atom is 0.384 e. The molecule has 0 N–H and O–H groups in total. The van der Waals surface area contributed by atoms with Crippen LogP contribution in [0.5, 0.6) is 0 Å². The minimum Gasteiger partial charge on any atom is -0.456 e. The molecule has 0 spiro atoms. The largest absolute Gasteiger partial charge is 0.456 e. The summed E-state index contributed by atoms with van der Waals surface area (Å²) in [7, 11) is 0. The third-order valence-electron chi connectivity index (χ3n) is 1.49. The van der Waals surface area contributed by atoms with Crippen LogP contribution in [0, 0.1) is 23.7 Å². The van der Waals surface area contributed by atoms with E-state index >= 15 is 0 Å². The van der Waals surface area contributed by atoms with Gasteiger partial charge in [-0.05, 0) is 0 Å². The molecule has 0 saturated heterocycles. The fourth-order valence-electron chi connectivity index (χ4n) is 0.782. The van der Waals surface area contributed by atoms with Crippen molar-refractivity contribution < 1.29 is 19.1 Å². The lowest BCUT2D eigenvalue weighted by molar-refractivity contribution is -0.139. The van der Waals surface area contributed by atoms with Crippen LogP contribution in [-0.2, 0) is 19.1 Å². The second-order valence-electron chi connectivity index (χ2n) is 2.94. The van der Waals surface area contributed by atoms with Crippen molar-refractivity contribution in [2.75, 3.05) is 13.2 Å². The zero-order chi connectivity index (χ0) is 12.9. The minimum absolute atomic E-state index is 0.186. The van der Waals surface area contributed by atoms with Gasteiger partial charge in [0.25, 0.3) is 0 Å². The summed E-state index contributed by atoms with van der Waals surface area (Å²) in [4.78, 5) is 21.8. The Morgan fingerprint density at radius 1 is 0.882 bits per heavy atom. The van der Waals surface area contributed by atoms with E-state index in [-0.39, 0.29) is 13.2 Å². The van der Waals surface area contributed by atoms with E-state index in [0.29, 0.717) is 19.3 Å². The molecule has 0 aliphatic carbocycles. The van der Waals surface area contributed by atoms with Gasteiger partial charge in [0, 0.05) is 31.1 Å². The van der Waals surface area contributed by atoms with Crippen LogP contribution in [0.25, 0.3) is 0 Å². The van der Waals surface area contributed by atoms with Crippen molar-refractivity contribution >= 4 is 11.9 Å². The maximum atomic E-state index is 10.9. The molecule has 0 aromatic carbocycles. The standard InChI is InChI=1S/C13H16O4/c1-3-5-8-12(14)16-10-7-11-17-13(15)9-6-4-2/h3-4,7,10-11H2,1-2H3. The van der Waals surface area contributed by atoms with Crippen LogP contribution in [0.1, 0.15) is 33.1 Å². The van der Waals surface area contributed by atoms with Crippen molar-refractivity contribution in [3.05, 3.63) is 0 Å². The third kappa shape index (κ3) is 10.3. The van der Waals surface area contributed by atoms with Crippen molar-refractivity contribution in [1.82, 2.24) is 0 Å². The zero-order valence-corrected chi connectivity index (χ0v) is 10.2. The summed E-state index contributed by atoms with van der Waals surface area (Å²) in [6.07, 6.45) is 1.67. The molecule has 0 atom stereocenters. The quantitative estimate of drug-likeness (QED) is 0.319. The molecule has 4 nitrogen and oxygen atoms in total. The van der Waals surface area contributed by atoms with Crippen LogP contribution in [0.3, 0.4) is 0 Å². The van der Waals surface area contributed by atoms with E-state index in [2.05, 4.69) is 23.7 Å². The minimum atomic E-state index is -0.552. The molecule has 0 amide bonds. The number of carbonyl (C=O) groups excluding carboxylic acids is 2. The Morgan fingerprint density at radius 3 is 1.65 bits per heavy atom.